The van der Waals surface area contributed by atoms with E-state index in [1.54, 1.807) is 4.57 Å². The Morgan fingerprint density at radius 1 is 1.29 bits per heavy atom. The van der Waals surface area contributed by atoms with Gasteiger partial charge in [0.1, 0.15) is 0 Å². The Morgan fingerprint density at radius 3 is 2.71 bits per heavy atom. The number of rotatable bonds is 2. The van der Waals surface area contributed by atoms with E-state index in [9.17, 15) is 13.2 Å². The van der Waals surface area contributed by atoms with Crippen molar-refractivity contribution in [3.63, 3.8) is 0 Å². The van der Waals surface area contributed by atoms with Crippen LogP contribution in [0.4, 0.5) is 19.1 Å². The van der Waals surface area contributed by atoms with Crippen molar-refractivity contribution in [2.24, 2.45) is 0 Å². The molecule has 0 fully saturated rings. The van der Waals surface area contributed by atoms with Crippen LogP contribution in [0.5, 0.6) is 0 Å². The Hall–Kier alpha value is -1.91. The molecule has 2 aromatic heterocycles. The van der Waals surface area contributed by atoms with Crippen LogP contribution in [0.2, 0.25) is 0 Å². The summed E-state index contributed by atoms with van der Waals surface area (Å²) in [6, 6.07) is 0. The minimum Gasteiger partial charge on any atom is -0.332 e. The quantitative estimate of drug-likeness (QED) is 0.852. The molecule has 0 saturated carbocycles. The molecule has 11 heteroatoms. The second-order valence-electron chi connectivity index (χ2n) is 4.58. The lowest BCUT2D eigenvalue weighted by Gasteiger charge is -2.28. The number of hydrogen-bond acceptors (Lipinski definition) is 5. The van der Waals surface area contributed by atoms with E-state index >= 15 is 0 Å². The first-order chi connectivity index (χ1) is 9.91. The van der Waals surface area contributed by atoms with Crippen molar-refractivity contribution in [1.29, 1.82) is 0 Å². The summed E-state index contributed by atoms with van der Waals surface area (Å²) in [6.45, 7) is 3.29. The second-order valence-corrected chi connectivity index (χ2v) is 4.97. The third-order valence-corrected chi connectivity index (χ3v) is 3.66. The third-order valence-electron chi connectivity index (χ3n) is 3.34. The molecule has 21 heavy (non-hydrogen) atoms. The van der Waals surface area contributed by atoms with Gasteiger partial charge in [-0.3, -0.25) is 4.57 Å². The van der Waals surface area contributed by atoms with Crippen LogP contribution in [0.3, 0.4) is 0 Å². The van der Waals surface area contributed by atoms with Gasteiger partial charge >= 0.3 is 6.18 Å². The van der Waals surface area contributed by atoms with Crippen LogP contribution in [0.25, 0.3) is 0 Å². The number of halogens is 3. The third kappa shape index (κ3) is 2.30. The number of anilines is 1. The summed E-state index contributed by atoms with van der Waals surface area (Å²) in [6.07, 6.45) is -4.49. The number of hydrogen-bond donors (Lipinski definition) is 1. The molecule has 7 nitrogen and oxygen atoms in total. The highest BCUT2D eigenvalue weighted by Gasteiger charge is 2.39. The molecule has 3 heterocycles. The van der Waals surface area contributed by atoms with E-state index in [-0.39, 0.29) is 18.9 Å². The Morgan fingerprint density at radius 2 is 2.05 bits per heavy atom. The summed E-state index contributed by atoms with van der Waals surface area (Å²) in [5.74, 6) is -0.0815. The maximum Gasteiger partial charge on any atom is 0.451 e. The predicted molar refractivity (Wildman–Crippen MR) is 69.2 cm³/mol. The topological polar surface area (TPSA) is 67.6 Å². The van der Waals surface area contributed by atoms with Gasteiger partial charge in [0.15, 0.2) is 10.6 Å². The van der Waals surface area contributed by atoms with Gasteiger partial charge in [-0.2, -0.15) is 13.2 Å². The molecule has 114 valence electrons. The molecule has 0 aliphatic carbocycles. The number of nitrogens with zero attached hydrogens (tertiary/aromatic N) is 6. The van der Waals surface area contributed by atoms with E-state index in [4.69, 9.17) is 12.2 Å². The Bertz CT molecular complexity index is 713. The molecule has 3 rings (SSSR count). The highest BCUT2D eigenvalue weighted by atomic mass is 32.1. The zero-order valence-electron chi connectivity index (χ0n) is 11.1. The molecule has 0 aromatic carbocycles. The van der Waals surface area contributed by atoms with Crippen molar-refractivity contribution in [3.05, 3.63) is 16.4 Å². The average molecular weight is 319 g/mol. The fourth-order valence-corrected chi connectivity index (χ4v) is 2.63. The summed E-state index contributed by atoms with van der Waals surface area (Å²) < 4.78 is 41.7. The van der Waals surface area contributed by atoms with E-state index in [1.165, 1.54) is 0 Å². The van der Waals surface area contributed by atoms with Gasteiger partial charge in [-0.1, -0.05) is 0 Å². The number of H-pyrrole nitrogens is 1. The molecular formula is C10H12F3N7S. The average Bonchev–Trinajstić information content (AvgIpc) is 3.00. The SMILES string of the molecule is CCn1c(N2CCn3c(nnc3C(F)(F)F)C2)n[nH]c1=S. The highest BCUT2D eigenvalue weighted by molar-refractivity contribution is 7.71. The summed E-state index contributed by atoms with van der Waals surface area (Å²) in [5, 5.41) is 13.7. The van der Waals surface area contributed by atoms with Crippen LogP contribution in [0, 0.1) is 4.77 Å². The van der Waals surface area contributed by atoms with Crippen LogP contribution in [-0.2, 0) is 25.8 Å². The zero-order valence-corrected chi connectivity index (χ0v) is 11.9. The molecular weight excluding hydrogens is 307 g/mol. The van der Waals surface area contributed by atoms with Crippen LogP contribution in [0.15, 0.2) is 0 Å². The molecule has 0 spiro atoms. The lowest BCUT2D eigenvalue weighted by Crippen LogP contribution is -2.36. The summed E-state index contributed by atoms with van der Waals surface area (Å²) in [5.41, 5.74) is 0. The molecule has 1 aliphatic heterocycles. The van der Waals surface area contributed by atoms with Crippen LogP contribution < -0.4 is 4.90 Å². The van der Waals surface area contributed by atoms with E-state index in [0.29, 0.717) is 23.8 Å². The monoisotopic (exact) mass is 319 g/mol. The normalized spacial score (nSPS) is 15.3. The van der Waals surface area contributed by atoms with E-state index < -0.39 is 12.0 Å². The smallest absolute Gasteiger partial charge is 0.332 e. The summed E-state index contributed by atoms with van der Waals surface area (Å²) in [7, 11) is 0. The van der Waals surface area contributed by atoms with Crippen LogP contribution in [-0.4, -0.2) is 36.1 Å². The molecule has 0 amide bonds. The predicted octanol–water partition coefficient (Wildman–Crippen LogP) is 1.59. The van der Waals surface area contributed by atoms with Crippen molar-refractivity contribution in [2.45, 2.75) is 32.7 Å². The fraction of sp³-hybridized carbons (Fsp3) is 0.600. The molecule has 0 saturated heterocycles. The first-order valence-corrected chi connectivity index (χ1v) is 6.72. The number of aromatic nitrogens is 6. The minimum atomic E-state index is -4.49. The highest BCUT2D eigenvalue weighted by Crippen LogP contribution is 2.30. The first-order valence-electron chi connectivity index (χ1n) is 6.31. The largest absolute Gasteiger partial charge is 0.451 e. The molecule has 2 aromatic rings. The van der Waals surface area contributed by atoms with Gasteiger partial charge in [-0.15, -0.1) is 15.3 Å². The number of nitrogens with one attached hydrogen (secondary N) is 1. The second kappa shape index (κ2) is 4.83. The Balaban J connectivity index is 1.92. The number of fused-ring (bicyclic) bond motifs is 1. The van der Waals surface area contributed by atoms with Crippen molar-refractivity contribution >= 4 is 18.2 Å². The first kappa shape index (κ1) is 14.0. The lowest BCUT2D eigenvalue weighted by molar-refractivity contribution is -0.147. The summed E-state index contributed by atoms with van der Waals surface area (Å²) >= 11 is 5.11. The maximum absolute atomic E-state index is 12.8. The van der Waals surface area contributed by atoms with Gasteiger partial charge in [0, 0.05) is 19.6 Å². The van der Waals surface area contributed by atoms with Crippen molar-refractivity contribution in [2.75, 3.05) is 11.4 Å². The van der Waals surface area contributed by atoms with Crippen molar-refractivity contribution in [3.8, 4) is 0 Å². The fourth-order valence-electron chi connectivity index (χ4n) is 2.37. The van der Waals surface area contributed by atoms with E-state index in [2.05, 4.69) is 20.4 Å². The van der Waals surface area contributed by atoms with Gasteiger partial charge in [-0.25, -0.2) is 5.10 Å². The zero-order chi connectivity index (χ0) is 15.2. The lowest BCUT2D eigenvalue weighted by atomic mass is 10.3. The molecule has 0 bridgehead atoms. The van der Waals surface area contributed by atoms with E-state index in [1.807, 2.05) is 11.8 Å². The molecule has 0 atom stereocenters. The standard InChI is InChI=1S/C10H12F3N7S/c1-2-19-8(16-17-9(19)21)18-3-4-20-6(5-18)14-15-7(20)10(11,12)13/h2-5H2,1H3,(H,17,21). The summed E-state index contributed by atoms with van der Waals surface area (Å²) in [4.78, 5) is 1.83. The van der Waals surface area contributed by atoms with Gasteiger partial charge < -0.3 is 9.47 Å². The van der Waals surface area contributed by atoms with Gasteiger partial charge in [-0.05, 0) is 19.1 Å². The molecule has 0 radical (unpaired) electrons. The number of alkyl halides is 3. The van der Waals surface area contributed by atoms with Gasteiger partial charge in [0.25, 0.3) is 0 Å². The van der Waals surface area contributed by atoms with Crippen molar-refractivity contribution in [1.82, 2.24) is 29.5 Å². The molecule has 1 aliphatic rings. The van der Waals surface area contributed by atoms with Crippen LogP contribution in [0.1, 0.15) is 18.6 Å². The number of aromatic amines is 1. The Kier molecular flexibility index (Phi) is 3.23. The van der Waals surface area contributed by atoms with Crippen molar-refractivity contribution < 1.29 is 13.2 Å². The van der Waals surface area contributed by atoms with Crippen LogP contribution >= 0.6 is 12.2 Å². The van der Waals surface area contributed by atoms with Gasteiger partial charge in [0.2, 0.25) is 11.8 Å². The Labute approximate surface area is 122 Å². The maximum atomic E-state index is 12.8. The molecule has 1 N–H and O–H groups in total. The van der Waals surface area contributed by atoms with E-state index in [0.717, 1.165) is 4.57 Å². The van der Waals surface area contributed by atoms with Gasteiger partial charge in [0.05, 0.1) is 6.54 Å². The molecule has 0 unspecified atom stereocenters. The minimum absolute atomic E-state index is 0.153.